The molecule has 4 heteroatoms. The summed E-state index contributed by atoms with van der Waals surface area (Å²) in [5, 5.41) is 2.15. The summed E-state index contributed by atoms with van der Waals surface area (Å²) in [7, 11) is 5.02. The fourth-order valence-corrected chi connectivity index (χ4v) is 4.33. The van der Waals surface area contributed by atoms with Crippen LogP contribution >= 0.6 is 0 Å². The van der Waals surface area contributed by atoms with Crippen LogP contribution < -0.4 is 18.9 Å². The number of rotatable bonds is 5. The van der Waals surface area contributed by atoms with Gasteiger partial charge in [0.15, 0.2) is 5.60 Å². The number of hydrogen-bond acceptors (Lipinski definition) is 4. The molecule has 160 valence electrons. The molecule has 1 aliphatic heterocycles. The first kappa shape index (κ1) is 20.0. The summed E-state index contributed by atoms with van der Waals surface area (Å²) in [4.78, 5) is 0. The quantitative estimate of drug-likeness (QED) is 0.381. The minimum atomic E-state index is -0.807. The standard InChI is InChI=1S/C28H24O4/c1-29-21-12-8-19(9-13-21)28(20-10-14-22(30-2)15-11-20)17-16-25-23-6-4-5-7-24(23)26(31-3)18-27(25)32-28/h4-18H,1-3H3. The molecule has 0 fully saturated rings. The third-order valence-electron chi connectivity index (χ3n) is 6.02. The first-order chi connectivity index (χ1) is 15.7. The van der Waals surface area contributed by atoms with Gasteiger partial charge in [-0.2, -0.15) is 0 Å². The lowest BCUT2D eigenvalue weighted by Crippen LogP contribution is -2.34. The zero-order valence-electron chi connectivity index (χ0n) is 18.3. The Morgan fingerprint density at radius 3 is 1.75 bits per heavy atom. The van der Waals surface area contributed by atoms with Crippen molar-refractivity contribution < 1.29 is 18.9 Å². The van der Waals surface area contributed by atoms with Crippen LogP contribution in [0.2, 0.25) is 0 Å². The summed E-state index contributed by atoms with van der Waals surface area (Å²) in [6.45, 7) is 0. The fourth-order valence-electron chi connectivity index (χ4n) is 4.33. The van der Waals surface area contributed by atoms with Gasteiger partial charge in [0.05, 0.1) is 21.3 Å². The van der Waals surface area contributed by atoms with Gasteiger partial charge in [-0.05, 0) is 41.8 Å². The summed E-state index contributed by atoms with van der Waals surface area (Å²) in [6, 6.07) is 26.2. The molecule has 0 N–H and O–H groups in total. The fraction of sp³-hybridized carbons (Fsp3) is 0.143. The van der Waals surface area contributed by atoms with Crippen molar-refractivity contribution in [3.05, 3.63) is 102 Å². The summed E-state index contributed by atoms with van der Waals surface area (Å²) < 4.78 is 23.3. The van der Waals surface area contributed by atoms with Crippen LogP contribution in [-0.4, -0.2) is 21.3 Å². The molecule has 0 bridgehead atoms. The first-order valence-corrected chi connectivity index (χ1v) is 10.5. The Morgan fingerprint density at radius 2 is 1.22 bits per heavy atom. The van der Waals surface area contributed by atoms with E-state index in [4.69, 9.17) is 18.9 Å². The van der Waals surface area contributed by atoms with Crippen molar-refractivity contribution in [1.82, 2.24) is 0 Å². The smallest absolute Gasteiger partial charge is 0.178 e. The van der Waals surface area contributed by atoms with E-state index in [0.29, 0.717) is 0 Å². The van der Waals surface area contributed by atoms with Gasteiger partial charge in [-0.3, -0.25) is 0 Å². The highest BCUT2D eigenvalue weighted by Crippen LogP contribution is 2.46. The van der Waals surface area contributed by atoms with Gasteiger partial charge in [-0.25, -0.2) is 0 Å². The molecule has 5 rings (SSSR count). The molecule has 1 heterocycles. The van der Waals surface area contributed by atoms with Crippen molar-refractivity contribution in [2.24, 2.45) is 0 Å². The monoisotopic (exact) mass is 424 g/mol. The summed E-state index contributed by atoms with van der Waals surface area (Å²) >= 11 is 0. The molecule has 0 aromatic heterocycles. The lowest BCUT2D eigenvalue weighted by atomic mass is 9.83. The Labute approximate surface area is 187 Å². The van der Waals surface area contributed by atoms with Crippen LogP contribution in [0.3, 0.4) is 0 Å². The van der Waals surface area contributed by atoms with Crippen LogP contribution in [0.25, 0.3) is 16.8 Å². The lowest BCUT2D eigenvalue weighted by molar-refractivity contribution is 0.160. The maximum Gasteiger partial charge on any atom is 0.178 e. The lowest BCUT2D eigenvalue weighted by Gasteiger charge is -2.36. The Balaban J connectivity index is 1.72. The van der Waals surface area contributed by atoms with E-state index in [-0.39, 0.29) is 0 Å². The first-order valence-electron chi connectivity index (χ1n) is 10.5. The van der Waals surface area contributed by atoms with E-state index >= 15 is 0 Å². The second-order valence-electron chi connectivity index (χ2n) is 7.66. The molecule has 0 radical (unpaired) electrons. The number of fused-ring (bicyclic) bond motifs is 3. The molecule has 0 atom stereocenters. The highest BCUT2D eigenvalue weighted by atomic mass is 16.5. The van der Waals surface area contributed by atoms with Crippen molar-refractivity contribution in [2.45, 2.75) is 5.60 Å². The van der Waals surface area contributed by atoms with Crippen LogP contribution in [0.4, 0.5) is 0 Å². The largest absolute Gasteiger partial charge is 0.497 e. The molecule has 0 amide bonds. The minimum absolute atomic E-state index is 0.773. The third kappa shape index (κ3) is 3.16. The second-order valence-corrected chi connectivity index (χ2v) is 7.66. The van der Waals surface area contributed by atoms with Crippen LogP contribution in [0.1, 0.15) is 16.7 Å². The molecule has 0 saturated carbocycles. The molecule has 0 unspecified atom stereocenters. The molecule has 0 aliphatic carbocycles. The zero-order valence-corrected chi connectivity index (χ0v) is 18.3. The van der Waals surface area contributed by atoms with Gasteiger partial charge >= 0.3 is 0 Å². The van der Waals surface area contributed by atoms with E-state index in [1.165, 1.54) is 0 Å². The molecule has 0 spiro atoms. The number of methoxy groups -OCH3 is 3. The third-order valence-corrected chi connectivity index (χ3v) is 6.02. The van der Waals surface area contributed by atoms with E-state index in [9.17, 15) is 0 Å². The van der Waals surface area contributed by atoms with Crippen LogP contribution in [0.15, 0.2) is 84.9 Å². The van der Waals surface area contributed by atoms with E-state index < -0.39 is 5.60 Å². The average molecular weight is 424 g/mol. The van der Waals surface area contributed by atoms with Gasteiger partial charge in [0, 0.05) is 28.1 Å². The molecular formula is C28H24O4. The molecular weight excluding hydrogens is 400 g/mol. The predicted octanol–water partition coefficient (Wildman–Crippen LogP) is 6.22. The van der Waals surface area contributed by atoms with Crippen LogP contribution in [0.5, 0.6) is 23.0 Å². The highest BCUT2D eigenvalue weighted by Gasteiger charge is 2.38. The average Bonchev–Trinajstić information content (AvgIpc) is 2.87. The van der Waals surface area contributed by atoms with Gasteiger partial charge in [0.25, 0.3) is 0 Å². The normalized spacial score (nSPS) is 13.8. The van der Waals surface area contributed by atoms with E-state index in [1.807, 2.05) is 66.7 Å². The molecule has 4 aromatic rings. The van der Waals surface area contributed by atoms with Crippen molar-refractivity contribution >= 4 is 16.8 Å². The van der Waals surface area contributed by atoms with Gasteiger partial charge in [0.1, 0.15) is 23.0 Å². The van der Waals surface area contributed by atoms with E-state index in [1.54, 1.807) is 21.3 Å². The van der Waals surface area contributed by atoms with Crippen LogP contribution in [0, 0.1) is 0 Å². The number of ether oxygens (including phenoxy) is 4. The Hall–Kier alpha value is -3.92. The van der Waals surface area contributed by atoms with Crippen molar-refractivity contribution in [2.75, 3.05) is 21.3 Å². The maximum absolute atomic E-state index is 6.84. The summed E-state index contributed by atoms with van der Waals surface area (Å²) in [5.41, 5.74) is 2.23. The highest BCUT2D eigenvalue weighted by molar-refractivity contribution is 5.98. The molecule has 4 aromatic carbocycles. The predicted molar refractivity (Wildman–Crippen MR) is 127 cm³/mol. The summed E-state index contributed by atoms with van der Waals surface area (Å²) in [5.74, 6) is 3.15. The SMILES string of the molecule is COc1ccc(C2(c3ccc(OC)cc3)C=Cc3c(cc(OC)c4ccccc34)O2)cc1. The molecule has 1 aliphatic rings. The Morgan fingerprint density at radius 1 is 0.656 bits per heavy atom. The number of benzene rings is 4. The molecule has 32 heavy (non-hydrogen) atoms. The van der Waals surface area contributed by atoms with E-state index in [2.05, 4.69) is 24.3 Å². The van der Waals surface area contributed by atoms with E-state index in [0.717, 1.165) is 50.5 Å². The minimum Gasteiger partial charge on any atom is -0.497 e. The van der Waals surface area contributed by atoms with Gasteiger partial charge in [0.2, 0.25) is 0 Å². The van der Waals surface area contributed by atoms with Crippen LogP contribution in [-0.2, 0) is 5.60 Å². The zero-order chi connectivity index (χ0) is 22.1. The maximum atomic E-state index is 6.84. The van der Waals surface area contributed by atoms with Gasteiger partial charge in [-0.15, -0.1) is 0 Å². The topological polar surface area (TPSA) is 36.9 Å². The molecule has 4 nitrogen and oxygen atoms in total. The van der Waals surface area contributed by atoms with Gasteiger partial charge in [-0.1, -0.05) is 48.5 Å². The number of hydrogen-bond donors (Lipinski definition) is 0. The van der Waals surface area contributed by atoms with Crippen molar-refractivity contribution in [1.29, 1.82) is 0 Å². The van der Waals surface area contributed by atoms with Crippen molar-refractivity contribution in [3.8, 4) is 23.0 Å². The van der Waals surface area contributed by atoms with Crippen molar-refractivity contribution in [3.63, 3.8) is 0 Å². The second kappa shape index (κ2) is 7.97. The Kier molecular flexibility index (Phi) is 4.98. The Bertz CT molecular complexity index is 1240. The molecule has 0 saturated heterocycles. The van der Waals surface area contributed by atoms with Gasteiger partial charge < -0.3 is 18.9 Å². The summed E-state index contributed by atoms with van der Waals surface area (Å²) in [6.07, 6.45) is 4.27.